The quantitative estimate of drug-likeness (QED) is 0.215. The average Bonchev–Trinajstić information content (AvgIpc) is 3.24. The Morgan fingerprint density at radius 2 is 1.84 bits per heavy atom. The third-order valence-corrected chi connectivity index (χ3v) is 5.51. The first kappa shape index (κ1) is 20.3. The van der Waals surface area contributed by atoms with E-state index in [1.54, 1.807) is 48.5 Å². The van der Waals surface area contributed by atoms with Gasteiger partial charge in [0.05, 0.1) is 28.0 Å². The molecule has 31 heavy (non-hydrogen) atoms. The summed E-state index contributed by atoms with van der Waals surface area (Å²) >= 11 is 1.47. The largest absolute Gasteiger partial charge is 0.490 e. The van der Waals surface area contributed by atoms with Crippen molar-refractivity contribution in [2.24, 2.45) is 0 Å². The summed E-state index contributed by atoms with van der Waals surface area (Å²) in [5.41, 5.74) is 2.52. The Labute approximate surface area is 183 Å². The SMILES string of the molecule is CCOc1cc(/C=C(/C#N)c2nc3ccccc3s2)ccc1OC(=O)c1ccccc1. The van der Waals surface area contributed by atoms with E-state index in [1.165, 1.54) is 11.3 Å². The number of ether oxygens (including phenoxy) is 2. The highest BCUT2D eigenvalue weighted by Crippen LogP contribution is 2.32. The van der Waals surface area contributed by atoms with Crippen LogP contribution in [-0.4, -0.2) is 17.6 Å². The monoisotopic (exact) mass is 426 g/mol. The van der Waals surface area contributed by atoms with Gasteiger partial charge < -0.3 is 9.47 Å². The van der Waals surface area contributed by atoms with Gasteiger partial charge in [0.1, 0.15) is 11.1 Å². The third kappa shape index (κ3) is 4.63. The molecule has 0 aliphatic rings. The first-order valence-corrected chi connectivity index (χ1v) is 10.5. The van der Waals surface area contributed by atoms with E-state index in [1.807, 2.05) is 37.3 Å². The number of esters is 1. The second kappa shape index (κ2) is 9.24. The predicted molar refractivity (Wildman–Crippen MR) is 122 cm³/mol. The van der Waals surface area contributed by atoms with Gasteiger partial charge in [-0.25, -0.2) is 9.78 Å². The number of hydrogen-bond donors (Lipinski definition) is 0. The van der Waals surface area contributed by atoms with E-state index >= 15 is 0 Å². The fourth-order valence-electron chi connectivity index (χ4n) is 3.00. The standard InChI is InChI=1S/C25H18N2O3S/c1-2-29-22-15-17(12-13-21(22)30-25(28)18-8-4-3-5-9-18)14-19(16-26)24-27-20-10-6-7-11-23(20)31-24/h3-15H,2H2,1H3/b19-14-. The van der Waals surface area contributed by atoms with E-state index in [0.29, 0.717) is 34.3 Å². The minimum atomic E-state index is -0.461. The van der Waals surface area contributed by atoms with Gasteiger partial charge in [-0.3, -0.25) is 0 Å². The lowest BCUT2D eigenvalue weighted by atomic mass is 10.1. The van der Waals surface area contributed by atoms with Crippen LogP contribution in [0.3, 0.4) is 0 Å². The third-order valence-electron chi connectivity index (χ3n) is 4.44. The Kier molecular flexibility index (Phi) is 6.06. The Morgan fingerprint density at radius 3 is 2.58 bits per heavy atom. The van der Waals surface area contributed by atoms with Crippen LogP contribution in [0.15, 0.2) is 72.8 Å². The molecule has 4 rings (SSSR count). The van der Waals surface area contributed by atoms with Gasteiger partial charge in [-0.2, -0.15) is 5.26 Å². The van der Waals surface area contributed by atoms with Crippen LogP contribution in [-0.2, 0) is 0 Å². The summed E-state index contributed by atoms with van der Waals surface area (Å²) in [4.78, 5) is 17.0. The van der Waals surface area contributed by atoms with Gasteiger partial charge in [0.25, 0.3) is 0 Å². The fraction of sp³-hybridized carbons (Fsp3) is 0.0800. The van der Waals surface area contributed by atoms with E-state index in [0.717, 1.165) is 15.8 Å². The molecule has 4 aromatic rings. The fourth-order valence-corrected chi connectivity index (χ4v) is 3.93. The summed E-state index contributed by atoms with van der Waals surface area (Å²) in [6.07, 6.45) is 1.75. The Morgan fingerprint density at radius 1 is 1.06 bits per heavy atom. The number of thiazole rings is 1. The number of carbonyl (C=O) groups is 1. The summed E-state index contributed by atoms with van der Waals surface area (Å²) in [5, 5.41) is 10.3. The van der Waals surface area contributed by atoms with E-state index in [9.17, 15) is 10.1 Å². The first-order chi connectivity index (χ1) is 15.2. The van der Waals surface area contributed by atoms with Crippen molar-refractivity contribution in [3.8, 4) is 17.6 Å². The van der Waals surface area contributed by atoms with Crippen molar-refractivity contribution in [3.05, 3.63) is 88.9 Å². The van der Waals surface area contributed by atoms with Crippen LogP contribution in [0.2, 0.25) is 0 Å². The molecule has 1 heterocycles. The molecule has 0 saturated heterocycles. The minimum Gasteiger partial charge on any atom is -0.490 e. The smallest absolute Gasteiger partial charge is 0.343 e. The average molecular weight is 426 g/mol. The van der Waals surface area contributed by atoms with Gasteiger partial charge in [0.2, 0.25) is 0 Å². The normalized spacial score (nSPS) is 11.2. The summed E-state index contributed by atoms with van der Waals surface area (Å²) in [6, 6.07) is 24.0. The lowest BCUT2D eigenvalue weighted by Gasteiger charge is -2.11. The van der Waals surface area contributed by atoms with Gasteiger partial charge in [0, 0.05) is 0 Å². The molecule has 1 aromatic heterocycles. The summed E-state index contributed by atoms with van der Waals surface area (Å²) in [7, 11) is 0. The Bertz CT molecular complexity index is 1270. The maximum atomic E-state index is 12.4. The van der Waals surface area contributed by atoms with Crippen molar-refractivity contribution < 1.29 is 14.3 Å². The molecule has 0 N–H and O–H groups in total. The molecular weight excluding hydrogens is 408 g/mol. The number of nitrogens with zero attached hydrogens (tertiary/aromatic N) is 2. The molecule has 0 unspecified atom stereocenters. The number of rotatable bonds is 6. The Balaban J connectivity index is 1.64. The lowest BCUT2D eigenvalue weighted by Crippen LogP contribution is -2.09. The lowest BCUT2D eigenvalue weighted by molar-refractivity contribution is 0.0728. The molecule has 0 atom stereocenters. The number of fused-ring (bicyclic) bond motifs is 1. The van der Waals surface area contributed by atoms with Crippen molar-refractivity contribution in [2.45, 2.75) is 6.92 Å². The van der Waals surface area contributed by atoms with E-state index in [4.69, 9.17) is 9.47 Å². The van der Waals surface area contributed by atoms with Crippen LogP contribution in [0.5, 0.6) is 11.5 Å². The highest BCUT2D eigenvalue weighted by Gasteiger charge is 2.14. The minimum absolute atomic E-state index is 0.325. The zero-order chi connectivity index (χ0) is 21.6. The molecule has 5 nitrogen and oxygen atoms in total. The maximum absolute atomic E-state index is 12.4. The van der Waals surface area contributed by atoms with E-state index in [2.05, 4.69) is 11.1 Å². The molecule has 152 valence electrons. The van der Waals surface area contributed by atoms with E-state index in [-0.39, 0.29) is 0 Å². The molecule has 6 heteroatoms. The highest BCUT2D eigenvalue weighted by molar-refractivity contribution is 7.19. The molecule has 0 saturated carbocycles. The van der Waals surface area contributed by atoms with Gasteiger partial charge in [0.15, 0.2) is 11.5 Å². The van der Waals surface area contributed by atoms with Gasteiger partial charge in [-0.15, -0.1) is 11.3 Å². The van der Waals surface area contributed by atoms with Crippen LogP contribution in [0.4, 0.5) is 0 Å². The maximum Gasteiger partial charge on any atom is 0.343 e. The number of allylic oxidation sites excluding steroid dienone is 1. The number of hydrogen-bond acceptors (Lipinski definition) is 6. The van der Waals surface area contributed by atoms with Gasteiger partial charge >= 0.3 is 5.97 Å². The molecule has 0 aliphatic carbocycles. The van der Waals surface area contributed by atoms with Crippen LogP contribution >= 0.6 is 11.3 Å². The van der Waals surface area contributed by atoms with Crippen molar-refractivity contribution in [3.63, 3.8) is 0 Å². The second-order valence-corrected chi connectivity index (χ2v) is 7.58. The molecule has 0 amide bonds. The zero-order valence-corrected chi connectivity index (χ0v) is 17.6. The van der Waals surface area contributed by atoms with Crippen LogP contribution < -0.4 is 9.47 Å². The second-order valence-electron chi connectivity index (χ2n) is 6.55. The molecule has 0 bridgehead atoms. The first-order valence-electron chi connectivity index (χ1n) is 9.69. The molecule has 0 fully saturated rings. The van der Waals surface area contributed by atoms with Crippen LogP contribution in [0.25, 0.3) is 21.9 Å². The molecule has 3 aromatic carbocycles. The van der Waals surface area contributed by atoms with Crippen molar-refractivity contribution >= 4 is 39.2 Å². The number of para-hydroxylation sites is 1. The highest BCUT2D eigenvalue weighted by atomic mass is 32.1. The number of nitriles is 1. The van der Waals surface area contributed by atoms with Crippen molar-refractivity contribution in [2.75, 3.05) is 6.61 Å². The van der Waals surface area contributed by atoms with Crippen LogP contribution in [0.1, 0.15) is 27.9 Å². The topological polar surface area (TPSA) is 72.2 Å². The number of aromatic nitrogens is 1. The Hall–Kier alpha value is -3.95. The van der Waals surface area contributed by atoms with Gasteiger partial charge in [-0.1, -0.05) is 36.4 Å². The number of carbonyl (C=O) groups excluding carboxylic acids is 1. The predicted octanol–water partition coefficient (Wildman–Crippen LogP) is 5.98. The van der Waals surface area contributed by atoms with Crippen LogP contribution in [0, 0.1) is 11.3 Å². The summed E-state index contributed by atoms with van der Waals surface area (Å²) < 4.78 is 12.2. The van der Waals surface area contributed by atoms with Crippen molar-refractivity contribution in [1.82, 2.24) is 4.98 Å². The molecular formula is C25H18N2O3S. The summed E-state index contributed by atoms with van der Waals surface area (Å²) in [5.74, 6) is 0.297. The molecule has 0 aliphatic heterocycles. The van der Waals surface area contributed by atoms with Crippen molar-refractivity contribution in [1.29, 1.82) is 5.26 Å². The van der Waals surface area contributed by atoms with Gasteiger partial charge in [-0.05, 0) is 55.0 Å². The zero-order valence-electron chi connectivity index (χ0n) is 16.7. The molecule has 0 spiro atoms. The number of benzene rings is 3. The summed E-state index contributed by atoms with van der Waals surface area (Å²) in [6.45, 7) is 2.26. The van der Waals surface area contributed by atoms with E-state index < -0.39 is 5.97 Å². The molecule has 0 radical (unpaired) electrons.